The fraction of sp³-hybridized carbons (Fsp3) is 0.500. The Kier molecular flexibility index (Phi) is 5.28. The van der Waals surface area contributed by atoms with Gasteiger partial charge in [-0.1, -0.05) is 19.4 Å². The van der Waals surface area contributed by atoms with Crippen LogP contribution in [0.1, 0.15) is 26.7 Å². The van der Waals surface area contributed by atoms with Crippen molar-refractivity contribution in [2.45, 2.75) is 33.2 Å². The number of nitrogens with zero attached hydrogens (tertiary/aromatic N) is 1. The van der Waals surface area contributed by atoms with Crippen LogP contribution in [0.2, 0.25) is 0 Å². The lowest BCUT2D eigenvalue weighted by Gasteiger charge is -2.08. The third-order valence-electron chi connectivity index (χ3n) is 3.31. The number of fused-ring (bicyclic) bond motifs is 1. The molecular formula is C16H24N2O. The first-order valence-corrected chi connectivity index (χ1v) is 7.28. The van der Waals surface area contributed by atoms with Gasteiger partial charge in [0.05, 0.1) is 12.1 Å². The zero-order chi connectivity index (χ0) is 13.5. The third-order valence-corrected chi connectivity index (χ3v) is 3.31. The predicted octanol–water partition coefficient (Wildman–Crippen LogP) is 3.43. The van der Waals surface area contributed by atoms with Crippen LogP contribution in [0.3, 0.4) is 0 Å². The van der Waals surface area contributed by atoms with Crippen LogP contribution in [0.15, 0.2) is 30.5 Å². The van der Waals surface area contributed by atoms with Gasteiger partial charge in [-0.25, -0.2) is 0 Å². The fourth-order valence-electron chi connectivity index (χ4n) is 2.30. The highest BCUT2D eigenvalue weighted by molar-refractivity contribution is 5.86. The van der Waals surface area contributed by atoms with Crippen LogP contribution in [0.5, 0.6) is 5.75 Å². The van der Waals surface area contributed by atoms with Gasteiger partial charge in [-0.2, -0.15) is 0 Å². The van der Waals surface area contributed by atoms with E-state index < -0.39 is 0 Å². The summed E-state index contributed by atoms with van der Waals surface area (Å²) in [5, 5.41) is 4.68. The summed E-state index contributed by atoms with van der Waals surface area (Å²) in [6, 6.07) is 8.40. The highest BCUT2D eigenvalue weighted by Crippen LogP contribution is 2.26. The van der Waals surface area contributed by atoms with Gasteiger partial charge in [0, 0.05) is 24.7 Å². The maximum Gasteiger partial charge on any atom is 0.128 e. The molecule has 0 amide bonds. The smallest absolute Gasteiger partial charge is 0.128 e. The van der Waals surface area contributed by atoms with Crippen LogP contribution < -0.4 is 10.1 Å². The summed E-state index contributed by atoms with van der Waals surface area (Å²) in [4.78, 5) is 0. The van der Waals surface area contributed by atoms with E-state index in [2.05, 4.69) is 41.2 Å². The first kappa shape index (κ1) is 13.9. The largest absolute Gasteiger partial charge is 0.493 e. The van der Waals surface area contributed by atoms with Gasteiger partial charge in [0.2, 0.25) is 0 Å². The van der Waals surface area contributed by atoms with Gasteiger partial charge in [-0.3, -0.25) is 0 Å². The molecule has 0 aliphatic rings. The van der Waals surface area contributed by atoms with Crippen LogP contribution in [0, 0.1) is 0 Å². The molecule has 2 rings (SSSR count). The number of rotatable bonds is 8. The Labute approximate surface area is 115 Å². The zero-order valence-electron chi connectivity index (χ0n) is 12.0. The van der Waals surface area contributed by atoms with Crippen molar-refractivity contribution in [3.63, 3.8) is 0 Å². The van der Waals surface area contributed by atoms with E-state index in [1.54, 1.807) is 0 Å². The van der Waals surface area contributed by atoms with Crippen molar-refractivity contribution < 1.29 is 4.74 Å². The molecule has 0 spiro atoms. The molecule has 1 aromatic carbocycles. The van der Waals surface area contributed by atoms with Crippen molar-refractivity contribution in [2.24, 2.45) is 0 Å². The van der Waals surface area contributed by atoms with Crippen LogP contribution in [-0.2, 0) is 6.54 Å². The number of benzene rings is 1. The molecule has 19 heavy (non-hydrogen) atoms. The molecule has 0 aliphatic heterocycles. The normalized spacial score (nSPS) is 11.1. The van der Waals surface area contributed by atoms with E-state index in [0.29, 0.717) is 6.61 Å². The van der Waals surface area contributed by atoms with Gasteiger partial charge in [0.15, 0.2) is 0 Å². The summed E-state index contributed by atoms with van der Waals surface area (Å²) in [6.45, 7) is 8.08. The van der Waals surface area contributed by atoms with Gasteiger partial charge in [0.1, 0.15) is 5.75 Å². The number of ether oxygens (including phenoxy) is 1. The molecule has 3 heteroatoms. The maximum absolute atomic E-state index is 5.66. The summed E-state index contributed by atoms with van der Waals surface area (Å²) < 4.78 is 7.95. The van der Waals surface area contributed by atoms with Crippen molar-refractivity contribution in [3.8, 4) is 5.75 Å². The lowest BCUT2D eigenvalue weighted by atomic mass is 10.2. The van der Waals surface area contributed by atoms with Gasteiger partial charge in [-0.05, 0) is 38.1 Å². The number of aromatic nitrogens is 1. The minimum atomic E-state index is 0.711. The fourth-order valence-corrected chi connectivity index (χ4v) is 2.30. The molecule has 0 saturated heterocycles. The quantitative estimate of drug-likeness (QED) is 0.736. The third kappa shape index (κ3) is 3.51. The Morgan fingerprint density at radius 3 is 2.84 bits per heavy atom. The first-order valence-electron chi connectivity index (χ1n) is 7.28. The Morgan fingerprint density at radius 1 is 1.16 bits per heavy atom. The molecule has 0 aliphatic carbocycles. The molecule has 0 radical (unpaired) electrons. The molecule has 1 aromatic heterocycles. The molecule has 0 saturated carbocycles. The molecule has 0 bridgehead atoms. The molecule has 1 heterocycles. The van der Waals surface area contributed by atoms with E-state index >= 15 is 0 Å². The second-order valence-electron chi connectivity index (χ2n) is 4.73. The standard InChI is InChI=1S/C16H24N2O/c1-3-5-10-17-11-13-18-12-9-14-15(18)7-6-8-16(14)19-4-2/h6-9,12,17H,3-5,10-11,13H2,1-2H3. The lowest BCUT2D eigenvalue weighted by molar-refractivity contribution is 0.344. The monoisotopic (exact) mass is 260 g/mol. The molecule has 2 aromatic rings. The van der Waals surface area contributed by atoms with E-state index in [1.165, 1.54) is 23.7 Å². The first-order chi connectivity index (χ1) is 9.36. The van der Waals surface area contributed by atoms with Crippen molar-refractivity contribution in [3.05, 3.63) is 30.5 Å². The summed E-state index contributed by atoms with van der Waals surface area (Å²) in [5.74, 6) is 0.984. The van der Waals surface area contributed by atoms with Gasteiger partial charge in [-0.15, -0.1) is 0 Å². The number of hydrogen-bond acceptors (Lipinski definition) is 2. The summed E-state index contributed by atoms with van der Waals surface area (Å²) >= 11 is 0. The summed E-state index contributed by atoms with van der Waals surface area (Å²) in [6.07, 6.45) is 4.65. The maximum atomic E-state index is 5.66. The second-order valence-corrected chi connectivity index (χ2v) is 4.73. The average molecular weight is 260 g/mol. The minimum Gasteiger partial charge on any atom is -0.493 e. The van der Waals surface area contributed by atoms with Crippen molar-refractivity contribution >= 4 is 10.9 Å². The highest BCUT2D eigenvalue weighted by Gasteiger charge is 2.05. The van der Waals surface area contributed by atoms with Gasteiger partial charge in [0.25, 0.3) is 0 Å². The highest BCUT2D eigenvalue weighted by atomic mass is 16.5. The molecular weight excluding hydrogens is 236 g/mol. The lowest BCUT2D eigenvalue weighted by Crippen LogP contribution is -2.20. The molecule has 1 N–H and O–H groups in total. The zero-order valence-corrected chi connectivity index (χ0v) is 12.0. The van der Waals surface area contributed by atoms with Crippen LogP contribution in [-0.4, -0.2) is 24.3 Å². The average Bonchev–Trinajstić information content (AvgIpc) is 2.83. The molecule has 0 atom stereocenters. The Balaban J connectivity index is 2.02. The SMILES string of the molecule is CCCCNCCn1ccc2c(OCC)cccc21. The van der Waals surface area contributed by atoms with E-state index in [-0.39, 0.29) is 0 Å². The van der Waals surface area contributed by atoms with Crippen molar-refractivity contribution in [1.29, 1.82) is 0 Å². The number of nitrogens with one attached hydrogen (secondary N) is 1. The molecule has 3 nitrogen and oxygen atoms in total. The van der Waals surface area contributed by atoms with Crippen LogP contribution in [0.25, 0.3) is 10.9 Å². The van der Waals surface area contributed by atoms with E-state index in [4.69, 9.17) is 4.74 Å². The van der Waals surface area contributed by atoms with Crippen molar-refractivity contribution in [2.75, 3.05) is 19.7 Å². The predicted molar refractivity (Wildman–Crippen MR) is 80.9 cm³/mol. The molecule has 0 unspecified atom stereocenters. The van der Waals surface area contributed by atoms with E-state index in [0.717, 1.165) is 25.4 Å². The minimum absolute atomic E-state index is 0.711. The molecule has 0 fully saturated rings. The van der Waals surface area contributed by atoms with Gasteiger partial charge < -0.3 is 14.6 Å². The van der Waals surface area contributed by atoms with Gasteiger partial charge >= 0.3 is 0 Å². The van der Waals surface area contributed by atoms with Crippen LogP contribution >= 0.6 is 0 Å². The van der Waals surface area contributed by atoms with E-state index in [1.807, 2.05) is 13.0 Å². The topological polar surface area (TPSA) is 26.2 Å². The van der Waals surface area contributed by atoms with E-state index in [9.17, 15) is 0 Å². The Hall–Kier alpha value is -1.48. The second kappa shape index (κ2) is 7.19. The number of unbranched alkanes of at least 4 members (excludes halogenated alkanes) is 1. The molecule has 104 valence electrons. The summed E-state index contributed by atoms with van der Waals surface area (Å²) in [7, 11) is 0. The Morgan fingerprint density at radius 2 is 2.05 bits per heavy atom. The summed E-state index contributed by atoms with van der Waals surface area (Å²) in [5.41, 5.74) is 1.25. The van der Waals surface area contributed by atoms with Crippen LogP contribution in [0.4, 0.5) is 0 Å². The van der Waals surface area contributed by atoms with Crippen molar-refractivity contribution in [1.82, 2.24) is 9.88 Å². The number of hydrogen-bond donors (Lipinski definition) is 1. The Bertz CT molecular complexity index is 504.